The van der Waals surface area contributed by atoms with Gasteiger partial charge in [-0.25, -0.2) is 27.5 Å². The smallest absolute Gasteiger partial charge is 0.872 e. The van der Waals surface area contributed by atoms with Crippen molar-refractivity contribution < 1.29 is 64.8 Å². The summed E-state index contributed by atoms with van der Waals surface area (Å²) in [5, 5.41) is 25.1. The van der Waals surface area contributed by atoms with Crippen LogP contribution >= 0.6 is 22.7 Å². The monoisotopic (exact) mass is 814 g/mol. The van der Waals surface area contributed by atoms with Crippen molar-refractivity contribution in [1.29, 1.82) is 0 Å². The maximum absolute atomic E-state index is 14.0. The van der Waals surface area contributed by atoms with Gasteiger partial charge >= 0.3 is 19.5 Å². The number of rotatable bonds is 4. The zero-order chi connectivity index (χ0) is 36.8. The van der Waals surface area contributed by atoms with E-state index in [9.17, 15) is 45.3 Å². The minimum Gasteiger partial charge on any atom is -0.872 e. The first-order valence-electron chi connectivity index (χ1n) is 14.7. The van der Waals surface area contributed by atoms with Gasteiger partial charge < -0.3 is 10.2 Å². The van der Waals surface area contributed by atoms with Gasteiger partial charge in [0.1, 0.15) is 10.0 Å². The summed E-state index contributed by atoms with van der Waals surface area (Å²) in [5.74, 6) is -14.4. The Bertz CT molecular complexity index is 2390. The number of pyridine rings is 2. The Morgan fingerprint density at radius 2 is 0.774 bits per heavy atom. The zero-order valence-corrected chi connectivity index (χ0v) is 30.8. The van der Waals surface area contributed by atoms with E-state index in [0.717, 1.165) is 33.7 Å². The molecule has 8 rings (SSSR count). The Balaban J connectivity index is 0.000000178. The number of fused-ring (bicyclic) bond motifs is 2. The first-order valence-corrected chi connectivity index (χ1v) is 16.3. The van der Waals surface area contributed by atoms with Crippen LogP contribution in [0.3, 0.4) is 0 Å². The topological polar surface area (TPSA) is 97.7 Å². The SMILES string of the molecule is [O-]c1ccc(-c2c(F)c(F)nc(F)c2F)cc1-c1nc2ccccc2s1.[O-]c1ccc(-c2c(F)c(F)nc(F)c2F)cc1-c1nc2ccccc2s1.[Zn+2]. The quantitative estimate of drug-likeness (QED) is 0.0999. The van der Waals surface area contributed by atoms with Crippen molar-refractivity contribution in [1.82, 2.24) is 19.9 Å². The molecule has 4 aromatic heterocycles. The maximum Gasteiger partial charge on any atom is 2.00 e. The van der Waals surface area contributed by atoms with Crippen LogP contribution in [0.15, 0.2) is 84.9 Å². The average molecular weight is 816 g/mol. The standard InChI is InChI=1S/2C18H8F4N2OS.Zn/c2*19-14-13(15(20)17(22)24-16(14)21)8-5-6-11(25)9(7-8)18-23-10-3-1-2-4-12(10)26-18;/h2*1-7,25H;/q;;+2/p-2. The molecule has 0 unspecified atom stereocenters. The number of hydrogen-bond acceptors (Lipinski definition) is 8. The van der Waals surface area contributed by atoms with Crippen molar-refractivity contribution in [3.05, 3.63) is 132 Å². The van der Waals surface area contributed by atoms with E-state index >= 15 is 0 Å². The molecule has 0 bridgehead atoms. The summed E-state index contributed by atoms with van der Waals surface area (Å²) in [6, 6.07) is 21.0. The molecule has 0 fully saturated rings. The summed E-state index contributed by atoms with van der Waals surface area (Å²) in [4.78, 5) is 13.7. The molecule has 0 atom stereocenters. The second kappa shape index (κ2) is 14.9. The molecule has 53 heavy (non-hydrogen) atoms. The number of nitrogens with zero attached hydrogens (tertiary/aromatic N) is 4. The zero-order valence-electron chi connectivity index (χ0n) is 26.2. The van der Waals surface area contributed by atoms with Crippen molar-refractivity contribution in [3.63, 3.8) is 0 Å². The van der Waals surface area contributed by atoms with E-state index in [0.29, 0.717) is 21.0 Å². The Kier molecular flexibility index (Phi) is 10.5. The summed E-state index contributed by atoms with van der Waals surface area (Å²) >= 11 is 2.45. The molecule has 0 N–H and O–H groups in total. The number of thiazole rings is 2. The van der Waals surface area contributed by atoms with Crippen molar-refractivity contribution >= 4 is 43.1 Å². The average Bonchev–Trinajstić information content (AvgIpc) is 3.76. The van der Waals surface area contributed by atoms with Crippen LogP contribution in [-0.2, 0) is 19.5 Å². The molecule has 8 aromatic rings. The van der Waals surface area contributed by atoms with Gasteiger partial charge in [-0.15, -0.1) is 22.7 Å². The first kappa shape index (κ1) is 37.4. The van der Waals surface area contributed by atoms with Crippen LogP contribution < -0.4 is 10.2 Å². The Hall–Kier alpha value is -5.38. The third-order valence-corrected chi connectivity index (χ3v) is 9.72. The van der Waals surface area contributed by atoms with Gasteiger partial charge in [-0.05, 0) is 47.5 Å². The molecule has 0 amide bonds. The second-order valence-electron chi connectivity index (χ2n) is 10.8. The minimum absolute atomic E-state index is 0. The number of hydrogen-bond donors (Lipinski definition) is 0. The van der Waals surface area contributed by atoms with Gasteiger partial charge in [-0.3, -0.25) is 0 Å². The van der Waals surface area contributed by atoms with Crippen molar-refractivity contribution in [2.75, 3.05) is 0 Å². The molecule has 0 saturated carbocycles. The van der Waals surface area contributed by atoms with E-state index in [-0.39, 0.29) is 41.7 Å². The van der Waals surface area contributed by atoms with E-state index < -0.39 is 69.7 Å². The first-order chi connectivity index (χ1) is 24.9. The molecular weight excluding hydrogens is 802 g/mol. The van der Waals surface area contributed by atoms with E-state index in [1.54, 1.807) is 24.3 Å². The number of aromatic nitrogens is 4. The van der Waals surface area contributed by atoms with Crippen molar-refractivity contribution in [2.45, 2.75) is 0 Å². The minimum atomic E-state index is -1.76. The molecule has 17 heteroatoms. The van der Waals surface area contributed by atoms with Gasteiger partial charge in [0.25, 0.3) is 23.8 Å². The molecule has 0 aliphatic carbocycles. The summed E-state index contributed by atoms with van der Waals surface area (Å²) < 4.78 is 111. The molecule has 4 aromatic carbocycles. The van der Waals surface area contributed by atoms with Crippen molar-refractivity contribution in [2.24, 2.45) is 0 Å². The summed E-state index contributed by atoms with van der Waals surface area (Å²) in [5.41, 5.74) is -0.718. The van der Waals surface area contributed by atoms with Gasteiger partial charge in [0.2, 0.25) is 0 Å². The molecule has 0 spiro atoms. The summed E-state index contributed by atoms with van der Waals surface area (Å²) in [7, 11) is 0. The van der Waals surface area contributed by atoms with Crippen LogP contribution in [0.1, 0.15) is 0 Å². The predicted molar refractivity (Wildman–Crippen MR) is 175 cm³/mol. The Morgan fingerprint density at radius 1 is 0.434 bits per heavy atom. The van der Waals surface area contributed by atoms with E-state index in [1.165, 1.54) is 34.8 Å². The predicted octanol–water partition coefficient (Wildman–Crippen LogP) is 9.31. The number of halogens is 8. The molecular formula is C36H14F8N4O2S2Zn. The van der Waals surface area contributed by atoms with Crippen LogP contribution in [0.5, 0.6) is 11.5 Å². The van der Waals surface area contributed by atoms with Crippen molar-refractivity contribution in [3.8, 4) is 54.9 Å². The summed E-state index contributed by atoms with van der Waals surface area (Å²) in [6.45, 7) is 0. The van der Waals surface area contributed by atoms with Crippen LogP contribution in [0.2, 0.25) is 0 Å². The van der Waals surface area contributed by atoms with Gasteiger partial charge in [0.15, 0.2) is 23.3 Å². The number of benzene rings is 4. The van der Waals surface area contributed by atoms with E-state index in [1.807, 2.05) is 24.3 Å². The number of para-hydroxylation sites is 2. The Labute approximate surface area is 313 Å². The molecule has 0 saturated heterocycles. The normalized spacial score (nSPS) is 11.0. The molecule has 6 nitrogen and oxygen atoms in total. The fourth-order valence-electron chi connectivity index (χ4n) is 5.16. The molecule has 0 aliphatic rings. The van der Waals surface area contributed by atoms with Crippen LogP contribution in [0.4, 0.5) is 35.1 Å². The Morgan fingerprint density at radius 3 is 1.11 bits per heavy atom. The van der Waals surface area contributed by atoms with Crippen LogP contribution in [0.25, 0.3) is 63.8 Å². The van der Waals surface area contributed by atoms with E-state index in [4.69, 9.17) is 0 Å². The van der Waals surface area contributed by atoms with Crippen LogP contribution in [0, 0.1) is 47.1 Å². The molecule has 0 radical (unpaired) electrons. The summed E-state index contributed by atoms with van der Waals surface area (Å²) in [6.07, 6.45) is 0. The molecule has 4 heterocycles. The third-order valence-electron chi connectivity index (χ3n) is 7.58. The fraction of sp³-hybridized carbons (Fsp3) is 0. The van der Waals surface area contributed by atoms with Gasteiger partial charge in [-0.2, -0.15) is 27.5 Å². The van der Waals surface area contributed by atoms with Crippen LogP contribution in [-0.4, -0.2) is 19.9 Å². The molecule has 260 valence electrons. The third kappa shape index (κ3) is 7.07. The maximum atomic E-state index is 14.0. The largest absolute Gasteiger partial charge is 2.00 e. The second-order valence-corrected chi connectivity index (χ2v) is 12.8. The molecule has 0 aliphatic heterocycles. The van der Waals surface area contributed by atoms with E-state index in [2.05, 4.69) is 19.9 Å². The fourth-order valence-corrected chi connectivity index (χ4v) is 7.13. The van der Waals surface area contributed by atoms with Gasteiger partial charge in [0, 0.05) is 11.1 Å². The van der Waals surface area contributed by atoms with Gasteiger partial charge in [-0.1, -0.05) is 60.0 Å². The van der Waals surface area contributed by atoms with Gasteiger partial charge in [0.05, 0.1) is 31.6 Å².